The molecule has 2 rings (SSSR count). The molecule has 96 valence electrons. The van der Waals surface area contributed by atoms with Gasteiger partial charge >= 0.3 is 0 Å². The second-order valence-electron chi connectivity index (χ2n) is 4.10. The van der Waals surface area contributed by atoms with Crippen LogP contribution in [0, 0.1) is 0 Å². The molecule has 1 fully saturated rings. The molecule has 1 saturated carbocycles. The summed E-state index contributed by atoms with van der Waals surface area (Å²) < 4.78 is 6.65. The quantitative estimate of drug-likeness (QED) is 0.802. The van der Waals surface area contributed by atoms with Crippen LogP contribution in [-0.2, 0) is 16.1 Å². The summed E-state index contributed by atoms with van der Waals surface area (Å²) in [5, 5.41) is 6.84. The Bertz CT molecular complexity index is 389. The molecule has 1 aliphatic carbocycles. The number of nitrogens with two attached hydrogens (primary N) is 1. The summed E-state index contributed by atoms with van der Waals surface area (Å²) in [4.78, 5) is 11.6. The predicted octanol–water partition coefficient (Wildman–Crippen LogP) is 0.381. The molecular formula is C10H17ClN4O2. The van der Waals surface area contributed by atoms with Gasteiger partial charge in [-0.3, -0.25) is 9.48 Å². The van der Waals surface area contributed by atoms with Crippen LogP contribution < -0.4 is 11.1 Å². The van der Waals surface area contributed by atoms with Crippen molar-refractivity contribution >= 4 is 24.0 Å². The van der Waals surface area contributed by atoms with Gasteiger partial charge in [-0.15, -0.1) is 12.4 Å². The molecule has 1 amide bonds. The number of nitrogens with zero attached hydrogens (tertiary/aromatic N) is 2. The van der Waals surface area contributed by atoms with Gasteiger partial charge in [-0.25, -0.2) is 0 Å². The van der Waals surface area contributed by atoms with Crippen LogP contribution in [0.25, 0.3) is 0 Å². The third-order valence-electron chi connectivity index (χ3n) is 2.66. The van der Waals surface area contributed by atoms with Crippen molar-refractivity contribution in [1.29, 1.82) is 0 Å². The number of halogens is 1. The summed E-state index contributed by atoms with van der Waals surface area (Å²) in [5.41, 5.74) is 5.80. The van der Waals surface area contributed by atoms with Crippen molar-refractivity contribution in [2.75, 3.05) is 19.0 Å². The van der Waals surface area contributed by atoms with Gasteiger partial charge in [0.1, 0.15) is 0 Å². The van der Waals surface area contributed by atoms with Crippen LogP contribution in [0.3, 0.4) is 0 Å². The average molecular weight is 261 g/mol. The Balaban J connectivity index is 0.00000144. The lowest BCUT2D eigenvalue weighted by atomic mass is 10.3. The van der Waals surface area contributed by atoms with E-state index in [0.29, 0.717) is 18.8 Å². The minimum Gasteiger partial charge on any atom is -0.383 e. The van der Waals surface area contributed by atoms with Crippen molar-refractivity contribution in [1.82, 2.24) is 9.78 Å². The van der Waals surface area contributed by atoms with Crippen molar-refractivity contribution in [3.63, 3.8) is 0 Å². The molecule has 0 aromatic carbocycles. The summed E-state index contributed by atoms with van der Waals surface area (Å²) in [6, 6.07) is 0. The van der Waals surface area contributed by atoms with E-state index in [1.165, 1.54) is 0 Å². The molecule has 17 heavy (non-hydrogen) atoms. The highest BCUT2D eigenvalue weighted by Gasteiger charge is 2.45. The second kappa shape index (κ2) is 5.48. The number of nitrogens with one attached hydrogen (secondary N) is 1. The molecule has 6 nitrogen and oxygen atoms in total. The fraction of sp³-hybridized carbons (Fsp3) is 0.600. The summed E-state index contributed by atoms with van der Waals surface area (Å²) in [6.45, 7) is 1.26. The molecule has 0 spiro atoms. The van der Waals surface area contributed by atoms with Gasteiger partial charge in [0.25, 0.3) is 0 Å². The van der Waals surface area contributed by atoms with Crippen LogP contribution in [0.5, 0.6) is 0 Å². The molecule has 0 bridgehead atoms. The molecule has 0 radical (unpaired) electrons. The maximum atomic E-state index is 11.6. The lowest BCUT2D eigenvalue weighted by Crippen LogP contribution is -2.37. The fourth-order valence-corrected chi connectivity index (χ4v) is 1.35. The van der Waals surface area contributed by atoms with E-state index in [0.717, 1.165) is 12.8 Å². The van der Waals surface area contributed by atoms with Gasteiger partial charge in [0.05, 0.1) is 30.6 Å². The normalized spacial score (nSPS) is 16.1. The Hall–Kier alpha value is -1.11. The summed E-state index contributed by atoms with van der Waals surface area (Å²) >= 11 is 0. The number of aromatic nitrogens is 2. The van der Waals surface area contributed by atoms with Gasteiger partial charge in [-0.2, -0.15) is 5.10 Å². The monoisotopic (exact) mass is 260 g/mol. The molecular weight excluding hydrogens is 244 g/mol. The molecule has 1 aromatic heterocycles. The van der Waals surface area contributed by atoms with Crippen molar-refractivity contribution in [3.8, 4) is 0 Å². The van der Waals surface area contributed by atoms with Gasteiger partial charge in [0.2, 0.25) is 5.91 Å². The standard InChI is InChI=1S/C10H16N4O2.ClH/c1-16-5-4-14-7-8(6-12-14)13-9(15)10(11)2-3-10;/h6-7H,2-5,11H2,1H3,(H,13,15);1H. The molecule has 0 aliphatic heterocycles. The van der Waals surface area contributed by atoms with Crippen LogP contribution in [0.1, 0.15) is 12.8 Å². The van der Waals surface area contributed by atoms with Crippen molar-refractivity contribution in [2.45, 2.75) is 24.9 Å². The van der Waals surface area contributed by atoms with Gasteiger partial charge in [0.15, 0.2) is 0 Å². The fourth-order valence-electron chi connectivity index (χ4n) is 1.35. The van der Waals surface area contributed by atoms with E-state index in [9.17, 15) is 4.79 Å². The maximum absolute atomic E-state index is 11.6. The lowest BCUT2D eigenvalue weighted by molar-refractivity contribution is -0.118. The summed E-state index contributed by atoms with van der Waals surface area (Å²) in [5.74, 6) is -0.126. The van der Waals surface area contributed by atoms with Gasteiger partial charge in [-0.05, 0) is 12.8 Å². The van der Waals surface area contributed by atoms with E-state index < -0.39 is 5.54 Å². The molecule has 1 heterocycles. The highest BCUT2D eigenvalue weighted by molar-refractivity contribution is 5.99. The second-order valence-corrected chi connectivity index (χ2v) is 4.10. The number of anilines is 1. The zero-order valence-electron chi connectivity index (χ0n) is 9.68. The summed E-state index contributed by atoms with van der Waals surface area (Å²) in [6.07, 6.45) is 4.90. The van der Waals surface area contributed by atoms with E-state index >= 15 is 0 Å². The number of hydrogen-bond donors (Lipinski definition) is 2. The SMILES string of the molecule is COCCn1cc(NC(=O)C2(N)CC2)cn1.Cl. The van der Waals surface area contributed by atoms with E-state index in [1.54, 1.807) is 24.2 Å². The molecule has 3 N–H and O–H groups in total. The third kappa shape index (κ3) is 3.42. The Morgan fingerprint density at radius 1 is 1.71 bits per heavy atom. The number of carbonyl (C=O) groups excluding carboxylic acids is 1. The Morgan fingerprint density at radius 3 is 3.00 bits per heavy atom. The first kappa shape index (κ1) is 14.0. The Morgan fingerprint density at radius 2 is 2.41 bits per heavy atom. The van der Waals surface area contributed by atoms with Crippen LogP contribution in [0.15, 0.2) is 12.4 Å². The van der Waals surface area contributed by atoms with Gasteiger partial charge < -0.3 is 15.8 Å². The number of ether oxygens (including phenoxy) is 1. The zero-order valence-corrected chi connectivity index (χ0v) is 10.5. The first-order valence-corrected chi connectivity index (χ1v) is 5.26. The number of rotatable bonds is 5. The van der Waals surface area contributed by atoms with Gasteiger partial charge in [-0.1, -0.05) is 0 Å². The number of amides is 1. The molecule has 0 atom stereocenters. The minimum absolute atomic E-state index is 0. The number of methoxy groups -OCH3 is 1. The van der Waals surface area contributed by atoms with E-state index in [1.807, 2.05) is 0 Å². The number of hydrogen-bond acceptors (Lipinski definition) is 4. The van der Waals surface area contributed by atoms with Crippen molar-refractivity contribution in [2.24, 2.45) is 5.73 Å². The van der Waals surface area contributed by atoms with E-state index in [2.05, 4.69) is 10.4 Å². The topological polar surface area (TPSA) is 82.2 Å². The minimum atomic E-state index is -0.644. The smallest absolute Gasteiger partial charge is 0.244 e. The van der Waals surface area contributed by atoms with Crippen LogP contribution in [0.2, 0.25) is 0 Å². The van der Waals surface area contributed by atoms with Crippen LogP contribution in [0.4, 0.5) is 5.69 Å². The predicted molar refractivity (Wildman–Crippen MR) is 66.1 cm³/mol. The van der Waals surface area contributed by atoms with Gasteiger partial charge in [0, 0.05) is 13.3 Å². The third-order valence-corrected chi connectivity index (χ3v) is 2.66. The van der Waals surface area contributed by atoms with Crippen molar-refractivity contribution in [3.05, 3.63) is 12.4 Å². The lowest BCUT2D eigenvalue weighted by Gasteiger charge is -2.07. The molecule has 0 unspecified atom stereocenters. The molecule has 1 aliphatic rings. The zero-order chi connectivity index (χ0) is 11.6. The highest BCUT2D eigenvalue weighted by Crippen LogP contribution is 2.33. The Labute approximate surface area is 106 Å². The Kier molecular flexibility index (Phi) is 4.50. The van der Waals surface area contributed by atoms with E-state index in [-0.39, 0.29) is 18.3 Å². The summed E-state index contributed by atoms with van der Waals surface area (Å²) in [7, 11) is 1.64. The van der Waals surface area contributed by atoms with Crippen molar-refractivity contribution < 1.29 is 9.53 Å². The van der Waals surface area contributed by atoms with Crippen LogP contribution in [-0.4, -0.2) is 34.9 Å². The molecule has 1 aromatic rings. The molecule has 7 heteroatoms. The number of carbonyl (C=O) groups is 1. The first-order valence-electron chi connectivity index (χ1n) is 5.26. The largest absolute Gasteiger partial charge is 0.383 e. The van der Waals surface area contributed by atoms with E-state index in [4.69, 9.17) is 10.5 Å². The molecule has 0 saturated heterocycles. The van der Waals surface area contributed by atoms with Crippen LogP contribution >= 0.6 is 12.4 Å². The highest BCUT2D eigenvalue weighted by atomic mass is 35.5. The maximum Gasteiger partial charge on any atom is 0.244 e. The average Bonchev–Trinajstić information content (AvgIpc) is 2.87. The first-order chi connectivity index (χ1) is 7.64.